The second-order valence-electron chi connectivity index (χ2n) is 4.69. The summed E-state index contributed by atoms with van der Waals surface area (Å²) in [6.07, 6.45) is 2.46. The molecule has 0 bridgehead atoms. The molecule has 1 aliphatic carbocycles. The van der Waals surface area contributed by atoms with E-state index < -0.39 is 10.0 Å². The number of sulfonamides is 1. The lowest BCUT2D eigenvalue weighted by atomic mass is 10.1. The van der Waals surface area contributed by atoms with Gasteiger partial charge in [-0.15, -0.1) is 0 Å². The smallest absolute Gasteiger partial charge is 0.238 e. The molecule has 0 saturated heterocycles. The summed E-state index contributed by atoms with van der Waals surface area (Å²) < 4.78 is 28.4. The standard InChI is InChI=1S/C12H17NO3S/c1-8-5-11(16-7-10-3-4-10)6-9(2)12(8)17(13,14)15/h5-6,10H,3-4,7H2,1-2H3,(H2,13,14,15). The second kappa shape index (κ2) is 4.31. The average molecular weight is 255 g/mol. The Morgan fingerprint density at radius 1 is 1.29 bits per heavy atom. The van der Waals surface area contributed by atoms with Crippen LogP contribution < -0.4 is 9.88 Å². The van der Waals surface area contributed by atoms with Gasteiger partial charge in [-0.1, -0.05) is 0 Å². The van der Waals surface area contributed by atoms with E-state index in [1.807, 2.05) is 0 Å². The topological polar surface area (TPSA) is 69.4 Å². The monoisotopic (exact) mass is 255 g/mol. The molecule has 0 radical (unpaired) electrons. The predicted molar refractivity (Wildman–Crippen MR) is 65.5 cm³/mol. The highest BCUT2D eigenvalue weighted by molar-refractivity contribution is 7.89. The van der Waals surface area contributed by atoms with Gasteiger partial charge in [0.25, 0.3) is 0 Å². The molecule has 0 unspecified atom stereocenters. The summed E-state index contributed by atoms with van der Waals surface area (Å²) in [5.74, 6) is 1.40. The van der Waals surface area contributed by atoms with Crippen LogP contribution in [0.25, 0.3) is 0 Å². The van der Waals surface area contributed by atoms with Crippen molar-refractivity contribution in [2.75, 3.05) is 6.61 Å². The number of nitrogens with two attached hydrogens (primary N) is 1. The number of primary sulfonamides is 1. The van der Waals surface area contributed by atoms with Gasteiger partial charge >= 0.3 is 0 Å². The Balaban J connectivity index is 2.27. The minimum Gasteiger partial charge on any atom is -0.493 e. The van der Waals surface area contributed by atoms with Gasteiger partial charge in [0.05, 0.1) is 11.5 Å². The number of rotatable bonds is 4. The van der Waals surface area contributed by atoms with Crippen molar-refractivity contribution >= 4 is 10.0 Å². The van der Waals surface area contributed by atoms with E-state index in [4.69, 9.17) is 9.88 Å². The number of aryl methyl sites for hydroxylation is 2. The zero-order valence-corrected chi connectivity index (χ0v) is 10.9. The molecule has 0 aliphatic heterocycles. The number of hydrogen-bond donors (Lipinski definition) is 1. The van der Waals surface area contributed by atoms with Gasteiger partial charge in [0.1, 0.15) is 5.75 Å². The SMILES string of the molecule is Cc1cc(OCC2CC2)cc(C)c1S(N)(=O)=O. The van der Waals surface area contributed by atoms with Gasteiger partial charge < -0.3 is 4.74 Å². The Bertz CT molecular complexity index is 510. The van der Waals surface area contributed by atoms with Gasteiger partial charge in [-0.3, -0.25) is 0 Å². The van der Waals surface area contributed by atoms with E-state index in [0.717, 1.165) is 5.75 Å². The lowest BCUT2D eigenvalue weighted by Crippen LogP contribution is -2.15. The number of hydrogen-bond acceptors (Lipinski definition) is 3. The van der Waals surface area contributed by atoms with Crippen LogP contribution in [0.1, 0.15) is 24.0 Å². The van der Waals surface area contributed by atoms with Crippen LogP contribution in [0.15, 0.2) is 17.0 Å². The molecule has 94 valence electrons. The first-order valence-corrected chi connectivity index (χ1v) is 7.19. The van der Waals surface area contributed by atoms with E-state index in [9.17, 15) is 8.42 Å². The second-order valence-corrected chi connectivity index (χ2v) is 6.18. The normalized spacial score (nSPS) is 15.9. The third-order valence-corrected chi connectivity index (χ3v) is 4.11. The Hall–Kier alpha value is -1.07. The first-order valence-electron chi connectivity index (χ1n) is 5.65. The van der Waals surface area contributed by atoms with E-state index in [1.165, 1.54) is 12.8 Å². The van der Waals surface area contributed by atoms with Gasteiger partial charge in [0.15, 0.2) is 0 Å². The molecular weight excluding hydrogens is 238 g/mol. The Kier molecular flexibility index (Phi) is 3.14. The quantitative estimate of drug-likeness (QED) is 0.891. The molecule has 1 fully saturated rings. The summed E-state index contributed by atoms with van der Waals surface area (Å²) in [7, 11) is -3.66. The molecule has 4 nitrogen and oxygen atoms in total. The van der Waals surface area contributed by atoms with Gasteiger partial charge in [0, 0.05) is 0 Å². The fraction of sp³-hybridized carbons (Fsp3) is 0.500. The average Bonchev–Trinajstić information content (AvgIpc) is 2.94. The third-order valence-electron chi connectivity index (χ3n) is 2.90. The molecule has 2 N–H and O–H groups in total. The minimum absolute atomic E-state index is 0.205. The van der Waals surface area contributed by atoms with E-state index >= 15 is 0 Å². The molecule has 0 heterocycles. The summed E-state index contributed by atoms with van der Waals surface area (Å²) in [5.41, 5.74) is 1.27. The van der Waals surface area contributed by atoms with E-state index in [1.54, 1.807) is 26.0 Å². The summed E-state index contributed by atoms with van der Waals surface area (Å²) in [5, 5.41) is 5.17. The predicted octanol–water partition coefficient (Wildman–Crippen LogP) is 1.74. The molecule has 1 aliphatic rings. The van der Waals surface area contributed by atoms with E-state index in [-0.39, 0.29) is 4.90 Å². The molecule has 17 heavy (non-hydrogen) atoms. The van der Waals surface area contributed by atoms with Crippen molar-refractivity contribution in [3.05, 3.63) is 23.3 Å². The minimum atomic E-state index is -3.66. The number of ether oxygens (including phenoxy) is 1. The first kappa shape index (κ1) is 12.4. The maximum atomic E-state index is 11.4. The molecular formula is C12H17NO3S. The molecule has 5 heteroatoms. The summed E-state index contributed by atoms with van der Waals surface area (Å²) >= 11 is 0. The fourth-order valence-electron chi connectivity index (χ4n) is 1.94. The lowest BCUT2D eigenvalue weighted by Gasteiger charge is -2.11. The van der Waals surface area contributed by atoms with Crippen LogP contribution in [-0.4, -0.2) is 15.0 Å². The van der Waals surface area contributed by atoms with Crippen LogP contribution in [0.5, 0.6) is 5.75 Å². The van der Waals surface area contributed by atoms with Gasteiger partial charge in [-0.25, -0.2) is 13.6 Å². The van der Waals surface area contributed by atoms with E-state index in [0.29, 0.717) is 23.7 Å². The Morgan fingerprint density at radius 3 is 2.24 bits per heavy atom. The van der Waals surface area contributed by atoms with Crippen LogP contribution in [0, 0.1) is 19.8 Å². The van der Waals surface area contributed by atoms with Gasteiger partial charge in [-0.2, -0.15) is 0 Å². The summed E-state index contributed by atoms with van der Waals surface area (Å²) in [6, 6.07) is 3.46. The molecule has 0 atom stereocenters. The number of benzene rings is 1. The van der Waals surface area contributed by atoms with Gasteiger partial charge in [-0.05, 0) is 55.9 Å². The molecule has 0 spiro atoms. The summed E-state index contributed by atoms with van der Waals surface area (Å²) in [6.45, 7) is 4.18. The maximum Gasteiger partial charge on any atom is 0.238 e. The van der Waals surface area contributed by atoms with E-state index in [2.05, 4.69) is 0 Å². The van der Waals surface area contributed by atoms with Crippen LogP contribution in [0.3, 0.4) is 0 Å². The van der Waals surface area contributed by atoms with Crippen molar-refractivity contribution in [3.8, 4) is 5.75 Å². The maximum absolute atomic E-state index is 11.4. The van der Waals surface area contributed by atoms with Crippen molar-refractivity contribution < 1.29 is 13.2 Å². The molecule has 1 aromatic carbocycles. The van der Waals surface area contributed by atoms with Crippen LogP contribution >= 0.6 is 0 Å². The molecule has 1 aromatic rings. The van der Waals surface area contributed by atoms with Crippen LogP contribution in [0.4, 0.5) is 0 Å². The zero-order chi connectivity index (χ0) is 12.6. The fourth-order valence-corrected chi connectivity index (χ4v) is 2.96. The molecule has 2 rings (SSSR count). The first-order chi connectivity index (χ1) is 7.88. The highest BCUT2D eigenvalue weighted by atomic mass is 32.2. The van der Waals surface area contributed by atoms with Crippen molar-refractivity contribution in [2.45, 2.75) is 31.6 Å². The lowest BCUT2D eigenvalue weighted by molar-refractivity contribution is 0.299. The van der Waals surface area contributed by atoms with Gasteiger partial charge in [0.2, 0.25) is 10.0 Å². The molecule has 0 amide bonds. The summed E-state index contributed by atoms with van der Waals surface area (Å²) in [4.78, 5) is 0.205. The van der Waals surface area contributed by atoms with Crippen LogP contribution in [-0.2, 0) is 10.0 Å². The largest absolute Gasteiger partial charge is 0.493 e. The molecule has 0 aromatic heterocycles. The zero-order valence-electron chi connectivity index (χ0n) is 10.1. The van der Waals surface area contributed by atoms with Crippen molar-refractivity contribution in [2.24, 2.45) is 11.1 Å². The van der Waals surface area contributed by atoms with Crippen molar-refractivity contribution in [1.82, 2.24) is 0 Å². The van der Waals surface area contributed by atoms with Crippen molar-refractivity contribution in [3.63, 3.8) is 0 Å². The molecule has 1 saturated carbocycles. The Morgan fingerprint density at radius 2 is 1.82 bits per heavy atom. The van der Waals surface area contributed by atoms with Crippen molar-refractivity contribution in [1.29, 1.82) is 0 Å². The highest BCUT2D eigenvalue weighted by Gasteiger charge is 2.22. The highest BCUT2D eigenvalue weighted by Crippen LogP contribution is 2.31. The Labute approximate surface area is 102 Å². The third kappa shape index (κ3) is 2.98. The van der Waals surface area contributed by atoms with Crippen LogP contribution in [0.2, 0.25) is 0 Å².